The van der Waals surface area contributed by atoms with E-state index in [1.165, 1.54) is 4.80 Å². The maximum absolute atomic E-state index is 13.0. The molecule has 4 rings (SSSR count). The second-order valence-corrected chi connectivity index (χ2v) is 7.81. The average molecular weight is 395 g/mol. The quantitative estimate of drug-likeness (QED) is 0.491. The smallest absolute Gasteiger partial charge is 0.246 e. The Morgan fingerprint density at radius 3 is 2.46 bits per heavy atom. The van der Waals surface area contributed by atoms with Crippen molar-refractivity contribution >= 4 is 34.5 Å². The first kappa shape index (κ1) is 18.7. The molecule has 1 aromatic heterocycles. The first-order valence-electron chi connectivity index (χ1n) is 9.40. The molecule has 6 nitrogen and oxygen atoms in total. The Hall–Kier alpha value is -2.67. The highest BCUT2D eigenvalue weighted by Gasteiger charge is 2.30. The third-order valence-electron chi connectivity index (χ3n) is 5.12. The van der Waals surface area contributed by atoms with Crippen LogP contribution in [-0.2, 0) is 11.3 Å². The molecule has 144 valence electrons. The fourth-order valence-electron chi connectivity index (χ4n) is 3.68. The van der Waals surface area contributed by atoms with E-state index < -0.39 is 0 Å². The normalized spacial score (nSPS) is 17.0. The van der Waals surface area contributed by atoms with Gasteiger partial charge in [-0.1, -0.05) is 30.3 Å². The average Bonchev–Trinajstić information content (AvgIpc) is 3.15. The van der Waals surface area contributed by atoms with Crippen LogP contribution in [0.5, 0.6) is 0 Å². The molecule has 1 saturated heterocycles. The summed E-state index contributed by atoms with van der Waals surface area (Å²) in [6.45, 7) is 1.23. The van der Waals surface area contributed by atoms with Crippen molar-refractivity contribution in [3.63, 3.8) is 0 Å². The van der Waals surface area contributed by atoms with Gasteiger partial charge in [-0.3, -0.25) is 9.59 Å². The highest BCUT2D eigenvalue weighted by Crippen LogP contribution is 2.27. The Bertz CT molecular complexity index is 983. The van der Waals surface area contributed by atoms with Crippen molar-refractivity contribution in [3.8, 4) is 0 Å². The number of ketones is 1. The molecular formula is C21H22N4O2S. The van der Waals surface area contributed by atoms with E-state index in [4.69, 9.17) is 0 Å². The number of likely N-dealkylation sites (tertiary alicyclic amines) is 1. The van der Waals surface area contributed by atoms with Crippen molar-refractivity contribution in [2.75, 3.05) is 19.3 Å². The second kappa shape index (κ2) is 8.14. The number of carbonyl (C=O) groups is 2. The number of fused-ring (bicyclic) bond motifs is 1. The monoisotopic (exact) mass is 394 g/mol. The molecule has 2 aromatic carbocycles. The summed E-state index contributed by atoms with van der Waals surface area (Å²) in [5.74, 6) is -0.0722. The molecule has 3 aromatic rings. The number of amides is 1. The minimum absolute atomic E-state index is 0.0454. The zero-order chi connectivity index (χ0) is 19.5. The van der Waals surface area contributed by atoms with Gasteiger partial charge in [-0.25, -0.2) is 0 Å². The van der Waals surface area contributed by atoms with Gasteiger partial charge in [0.05, 0.1) is 0 Å². The number of nitrogens with zero attached hydrogens (tertiary/aromatic N) is 4. The number of Topliss-reactive ketones (excluding diaryl/α,β-unsaturated/α-hetero) is 1. The Labute approximate surface area is 167 Å². The lowest BCUT2D eigenvalue weighted by Crippen LogP contribution is -2.44. The van der Waals surface area contributed by atoms with Gasteiger partial charge in [0.2, 0.25) is 5.91 Å². The molecule has 0 N–H and O–H groups in total. The van der Waals surface area contributed by atoms with Gasteiger partial charge in [0.25, 0.3) is 0 Å². The predicted octanol–water partition coefficient (Wildman–Crippen LogP) is 3.27. The molecule has 1 fully saturated rings. The number of rotatable bonds is 5. The molecule has 0 saturated carbocycles. The fraction of sp³-hybridized carbons (Fsp3) is 0.333. The fourth-order valence-corrected chi connectivity index (χ4v) is 4.29. The van der Waals surface area contributed by atoms with Gasteiger partial charge in [0, 0.05) is 29.5 Å². The molecule has 0 aliphatic carbocycles. The Morgan fingerprint density at radius 2 is 1.75 bits per heavy atom. The van der Waals surface area contributed by atoms with E-state index >= 15 is 0 Å². The van der Waals surface area contributed by atoms with E-state index in [9.17, 15) is 9.59 Å². The van der Waals surface area contributed by atoms with E-state index in [2.05, 4.69) is 10.2 Å². The highest BCUT2D eigenvalue weighted by molar-refractivity contribution is 7.98. The lowest BCUT2D eigenvalue weighted by molar-refractivity contribution is -0.133. The van der Waals surface area contributed by atoms with Gasteiger partial charge in [-0.2, -0.15) is 15.0 Å². The number of carbonyl (C=O) groups excluding carboxylic acids is 2. The van der Waals surface area contributed by atoms with Crippen LogP contribution in [0.2, 0.25) is 0 Å². The zero-order valence-electron chi connectivity index (χ0n) is 15.7. The number of hydrogen-bond acceptors (Lipinski definition) is 5. The minimum atomic E-state index is -0.157. The number of thioether (sulfide) groups is 1. The molecule has 1 aliphatic heterocycles. The number of aromatic nitrogens is 3. The van der Waals surface area contributed by atoms with Gasteiger partial charge in [0.1, 0.15) is 17.6 Å². The van der Waals surface area contributed by atoms with Crippen LogP contribution in [0.4, 0.5) is 0 Å². The van der Waals surface area contributed by atoms with Crippen molar-refractivity contribution in [3.05, 3.63) is 54.1 Å². The van der Waals surface area contributed by atoms with Crippen LogP contribution in [0.1, 0.15) is 23.2 Å². The summed E-state index contributed by atoms with van der Waals surface area (Å²) in [6, 6.07) is 15.2. The molecule has 1 amide bonds. The van der Waals surface area contributed by atoms with Gasteiger partial charge >= 0.3 is 0 Å². The summed E-state index contributed by atoms with van der Waals surface area (Å²) >= 11 is 1.58. The van der Waals surface area contributed by atoms with Crippen LogP contribution in [0.3, 0.4) is 0 Å². The Kier molecular flexibility index (Phi) is 5.43. The van der Waals surface area contributed by atoms with E-state index in [1.807, 2.05) is 54.8 Å². The molecule has 7 heteroatoms. The maximum atomic E-state index is 13.0. The van der Waals surface area contributed by atoms with E-state index in [-0.39, 0.29) is 24.2 Å². The topological polar surface area (TPSA) is 68.1 Å². The summed E-state index contributed by atoms with van der Waals surface area (Å²) in [7, 11) is 0. The van der Waals surface area contributed by atoms with Crippen LogP contribution in [0.15, 0.2) is 53.4 Å². The van der Waals surface area contributed by atoms with Crippen molar-refractivity contribution in [2.24, 2.45) is 5.92 Å². The van der Waals surface area contributed by atoms with Crippen molar-refractivity contribution < 1.29 is 9.59 Å². The maximum Gasteiger partial charge on any atom is 0.246 e. The molecule has 0 bridgehead atoms. The zero-order valence-corrected chi connectivity index (χ0v) is 16.6. The molecule has 1 atom stereocenters. The van der Waals surface area contributed by atoms with Gasteiger partial charge in [0.15, 0.2) is 5.78 Å². The van der Waals surface area contributed by atoms with E-state index in [1.54, 1.807) is 16.7 Å². The third kappa shape index (κ3) is 3.80. The molecule has 1 aliphatic rings. The van der Waals surface area contributed by atoms with Crippen LogP contribution < -0.4 is 0 Å². The van der Waals surface area contributed by atoms with E-state index in [0.717, 1.165) is 34.3 Å². The van der Waals surface area contributed by atoms with Crippen molar-refractivity contribution in [2.45, 2.75) is 24.3 Å². The van der Waals surface area contributed by atoms with Crippen LogP contribution >= 0.6 is 11.8 Å². The summed E-state index contributed by atoms with van der Waals surface area (Å²) in [6.07, 6.45) is 3.62. The minimum Gasteiger partial charge on any atom is -0.340 e. The summed E-state index contributed by atoms with van der Waals surface area (Å²) in [5.41, 5.74) is 2.31. The Morgan fingerprint density at radius 1 is 1.07 bits per heavy atom. The van der Waals surface area contributed by atoms with Crippen molar-refractivity contribution in [1.82, 2.24) is 19.9 Å². The number of hydrogen-bond donors (Lipinski definition) is 0. The number of benzene rings is 2. The summed E-state index contributed by atoms with van der Waals surface area (Å²) in [5, 5.41) is 8.72. The van der Waals surface area contributed by atoms with E-state index in [0.29, 0.717) is 13.1 Å². The summed E-state index contributed by atoms with van der Waals surface area (Å²) in [4.78, 5) is 30.0. The van der Waals surface area contributed by atoms with Crippen LogP contribution in [-0.4, -0.2) is 50.9 Å². The predicted molar refractivity (Wildman–Crippen MR) is 109 cm³/mol. The van der Waals surface area contributed by atoms with Crippen molar-refractivity contribution in [1.29, 1.82) is 0 Å². The second-order valence-electron chi connectivity index (χ2n) is 6.96. The van der Waals surface area contributed by atoms with Crippen LogP contribution in [0.25, 0.3) is 11.0 Å². The first-order chi connectivity index (χ1) is 13.7. The summed E-state index contributed by atoms with van der Waals surface area (Å²) < 4.78 is 0. The molecule has 28 heavy (non-hydrogen) atoms. The standard InChI is InChI=1S/C21H22N4O2S/c1-28-19-11-5-2-8-16(19)21(27)15-7-6-12-24(13-15)20(26)14-25-22-17-9-3-4-10-18(17)23-25/h2-5,8-11,15H,6-7,12-14H2,1H3/t15-/m1/s1. The Balaban J connectivity index is 1.45. The molecular weight excluding hydrogens is 372 g/mol. The molecule has 0 spiro atoms. The highest BCUT2D eigenvalue weighted by atomic mass is 32.2. The van der Waals surface area contributed by atoms with Gasteiger partial charge in [-0.05, 0) is 37.3 Å². The lowest BCUT2D eigenvalue weighted by atomic mass is 9.90. The molecule has 0 radical (unpaired) electrons. The molecule has 0 unspecified atom stereocenters. The first-order valence-corrected chi connectivity index (χ1v) is 10.6. The third-order valence-corrected chi connectivity index (χ3v) is 5.92. The van der Waals surface area contributed by atoms with Crippen LogP contribution in [0, 0.1) is 5.92 Å². The number of piperidine rings is 1. The largest absolute Gasteiger partial charge is 0.340 e. The lowest BCUT2D eigenvalue weighted by Gasteiger charge is -2.32. The SMILES string of the molecule is CSc1ccccc1C(=O)[C@@H]1CCCN(C(=O)Cn2nc3ccccc3n2)C1. The van der Waals surface area contributed by atoms with Gasteiger partial charge in [-0.15, -0.1) is 11.8 Å². The van der Waals surface area contributed by atoms with Gasteiger partial charge < -0.3 is 4.90 Å². The molecule has 2 heterocycles.